The lowest BCUT2D eigenvalue weighted by Gasteiger charge is -2.24. The van der Waals surface area contributed by atoms with E-state index in [0.717, 1.165) is 46.4 Å². The highest BCUT2D eigenvalue weighted by Gasteiger charge is 2.41. The third kappa shape index (κ3) is 3.13. The summed E-state index contributed by atoms with van der Waals surface area (Å²) in [5, 5.41) is 0. The maximum atomic E-state index is 12.9. The van der Waals surface area contributed by atoms with Crippen molar-refractivity contribution in [1.82, 2.24) is 0 Å². The third-order valence-electron chi connectivity index (χ3n) is 6.84. The lowest BCUT2D eigenvalue weighted by atomic mass is 9.97. The van der Waals surface area contributed by atoms with Crippen molar-refractivity contribution in [3.05, 3.63) is 47.5 Å². The van der Waals surface area contributed by atoms with Crippen molar-refractivity contribution in [3.8, 4) is 17.2 Å². The van der Waals surface area contributed by atoms with E-state index in [-0.39, 0.29) is 12.0 Å². The number of ether oxygens (including phenoxy) is 3. The fraction of sp³-hybridized carbons (Fsp3) is 0.400. The van der Waals surface area contributed by atoms with Crippen LogP contribution < -0.4 is 19.1 Å². The number of likely N-dealkylation sites (N-methyl/N-ethyl adjacent to an activating group) is 1. The summed E-state index contributed by atoms with van der Waals surface area (Å²) in [5.74, 6) is 3.67. The van der Waals surface area contributed by atoms with Gasteiger partial charge in [-0.15, -0.1) is 0 Å². The Morgan fingerprint density at radius 1 is 1.00 bits per heavy atom. The molecule has 2 fully saturated rings. The molecule has 5 nitrogen and oxygen atoms in total. The smallest absolute Gasteiger partial charge is 0.258 e. The minimum Gasteiger partial charge on any atom is -0.497 e. The van der Waals surface area contributed by atoms with Crippen LogP contribution in [0.15, 0.2) is 36.4 Å². The molecule has 0 aromatic heterocycles. The lowest BCUT2D eigenvalue weighted by molar-refractivity contribution is -0.112. The number of hydrogen-bond acceptors (Lipinski definition) is 4. The number of carbonyl (C=O) groups excluding carboxylic acids is 1. The molecule has 1 amide bonds. The molecule has 1 heterocycles. The average Bonchev–Trinajstić information content (AvgIpc) is 3.44. The highest BCUT2D eigenvalue weighted by atomic mass is 16.5. The van der Waals surface area contributed by atoms with E-state index in [9.17, 15) is 4.79 Å². The first-order valence-electron chi connectivity index (χ1n) is 10.6. The van der Waals surface area contributed by atoms with Crippen LogP contribution in [0.2, 0.25) is 0 Å². The van der Waals surface area contributed by atoms with Gasteiger partial charge in [-0.05, 0) is 79.5 Å². The summed E-state index contributed by atoms with van der Waals surface area (Å²) in [7, 11) is 5.10. The first kappa shape index (κ1) is 19.0. The van der Waals surface area contributed by atoms with Gasteiger partial charge in [-0.1, -0.05) is 6.07 Å². The summed E-state index contributed by atoms with van der Waals surface area (Å²) in [6, 6.07) is 11.6. The normalized spacial score (nSPS) is 25.7. The molecule has 1 aliphatic heterocycles. The van der Waals surface area contributed by atoms with Crippen molar-refractivity contribution in [2.75, 3.05) is 26.2 Å². The molecule has 5 rings (SSSR count). The minimum absolute atomic E-state index is 0.0235. The van der Waals surface area contributed by atoms with Crippen LogP contribution in [0.4, 0.5) is 5.69 Å². The molecule has 0 radical (unpaired) electrons. The quantitative estimate of drug-likeness (QED) is 0.671. The number of amides is 1. The van der Waals surface area contributed by atoms with E-state index in [0.29, 0.717) is 11.5 Å². The maximum Gasteiger partial charge on any atom is 0.258 e. The van der Waals surface area contributed by atoms with Crippen LogP contribution in [0.1, 0.15) is 36.8 Å². The zero-order valence-electron chi connectivity index (χ0n) is 17.7. The van der Waals surface area contributed by atoms with E-state index in [1.54, 1.807) is 26.2 Å². The van der Waals surface area contributed by atoms with Gasteiger partial charge in [0.15, 0.2) is 11.5 Å². The van der Waals surface area contributed by atoms with Crippen molar-refractivity contribution in [2.45, 2.75) is 31.8 Å². The predicted molar refractivity (Wildman–Crippen MR) is 117 cm³/mol. The number of hydrogen-bond donors (Lipinski definition) is 0. The number of carbonyl (C=O) groups is 1. The van der Waals surface area contributed by atoms with Gasteiger partial charge in [0, 0.05) is 18.2 Å². The first-order chi connectivity index (χ1) is 14.6. The van der Waals surface area contributed by atoms with E-state index >= 15 is 0 Å². The fourth-order valence-electron chi connectivity index (χ4n) is 5.23. The van der Waals surface area contributed by atoms with Crippen LogP contribution in [-0.4, -0.2) is 33.3 Å². The molecule has 2 aromatic rings. The number of fused-ring (bicyclic) bond motifs is 3. The molecule has 2 saturated carbocycles. The minimum atomic E-state index is -0.0235. The van der Waals surface area contributed by atoms with Gasteiger partial charge in [-0.25, -0.2) is 0 Å². The summed E-state index contributed by atoms with van der Waals surface area (Å²) < 4.78 is 17.3. The second kappa shape index (κ2) is 7.38. The van der Waals surface area contributed by atoms with Crippen LogP contribution >= 0.6 is 0 Å². The van der Waals surface area contributed by atoms with Crippen LogP contribution in [-0.2, 0) is 4.79 Å². The largest absolute Gasteiger partial charge is 0.497 e. The molecule has 3 atom stereocenters. The first-order valence-corrected chi connectivity index (χ1v) is 10.6. The van der Waals surface area contributed by atoms with Crippen molar-refractivity contribution in [2.24, 2.45) is 11.8 Å². The number of anilines is 1. The molecule has 3 aliphatic rings. The van der Waals surface area contributed by atoms with Gasteiger partial charge >= 0.3 is 0 Å². The molecule has 0 unspecified atom stereocenters. The Morgan fingerprint density at radius 3 is 2.57 bits per heavy atom. The van der Waals surface area contributed by atoms with Crippen molar-refractivity contribution in [1.29, 1.82) is 0 Å². The van der Waals surface area contributed by atoms with Crippen molar-refractivity contribution >= 4 is 23.2 Å². The molecule has 30 heavy (non-hydrogen) atoms. The van der Waals surface area contributed by atoms with E-state index < -0.39 is 0 Å². The Bertz CT molecular complexity index is 1030. The van der Waals surface area contributed by atoms with Gasteiger partial charge in [0.1, 0.15) is 11.9 Å². The maximum absolute atomic E-state index is 12.9. The summed E-state index contributed by atoms with van der Waals surface area (Å²) in [5.41, 5.74) is 3.34. The summed E-state index contributed by atoms with van der Waals surface area (Å²) in [6.07, 6.45) is 7.22. The number of nitrogens with zero attached hydrogens (tertiary/aromatic N) is 1. The summed E-state index contributed by atoms with van der Waals surface area (Å²) >= 11 is 0. The Labute approximate surface area is 177 Å². The van der Waals surface area contributed by atoms with Crippen LogP contribution in [0.5, 0.6) is 17.2 Å². The van der Waals surface area contributed by atoms with Crippen molar-refractivity contribution < 1.29 is 19.0 Å². The molecule has 0 spiro atoms. The van der Waals surface area contributed by atoms with Gasteiger partial charge in [0.25, 0.3) is 5.91 Å². The topological polar surface area (TPSA) is 48.0 Å². The molecule has 5 heteroatoms. The third-order valence-corrected chi connectivity index (χ3v) is 6.84. The fourth-order valence-corrected chi connectivity index (χ4v) is 5.23. The number of methoxy groups -OCH3 is 2. The van der Waals surface area contributed by atoms with Gasteiger partial charge in [0.05, 0.1) is 19.9 Å². The zero-order valence-corrected chi connectivity index (χ0v) is 17.7. The molecule has 2 aliphatic carbocycles. The Morgan fingerprint density at radius 2 is 1.87 bits per heavy atom. The summed E-state index contributed by atoms with van der Waals surface area (Å²) in [6.45, 7) is 0. The number of rotatable bonds is 5. The van der Waals surface area contributed by atoms with Crippen LogP contribution in [0.25, 0.3) is 11.6 Å². The van der Waals surface area contributed by atoms with Gasteiger partial charge in [-0.3, -0.25) is 4.79 Å². The second-order valence-corrected chi connectivity index (χ2v) is 8.55. The highest BCUT2D eigenvalue weighted by molar-refractivity contribution is 6.35. The van der Waals surface area contributed by atoms with Crippen LogP contribution in [0, 0.1) is 11.8 Å². The monoisotopic (exact) mass is 405 g/mol. The molecular weight excluding hydrogens is 378 g/mol. The standard InChI is InChI=1S/C25H27NO4/c1-26-21-8-7-18(28-2)14-19(21)20(25(26)27)11-16-5-9-22(29-3)24(13-16)30-23-12-15-4-6-17(23)10-15/h5,7-9,11,13-15,17,23H,4,6,10,12H2,1-3H3/b20-11-/t15-,17+,23+/m1/s1. The van der Waals surface area contributed by atoms with Crippen molar-refractivity contribution in [3.63, 3.8) is 0 Å². The molecule has 0 N–H and O–H groups in total. The van der Waals surface area contributed by atoms with E-state index in [4.69, 9.17) is 14.2 Å². The lowest BCUT2D eigenvalue weighted by Crippen LogP contribution is -2.23. The van der Waals surface area contributed by atoms with Gasteiger partial charge in [-0.2, -0.15) is 0 Å². The highest BCUT2D eigenvalue weighted by Crippen LogP contribution is 2.47. The Kier molecular flexibility index (Phi) is 4.69. The van der Waals surface area contributed by atoms with Gasteiger partial charge < -0.3 is 19.1 Å². The molecule has 2 bridgehead atoms. The molecular formula is C25H27NO4. The predicted octanol–water partition coefficient (Wildman–Crippen LogP) is 4.79. The zero-order chi connectivity index (χ0) is 20.8. The van der Waals surface area contributed by atoms with E-state index in [1.165, 1.54) is 19.3 Å². The van der Waals surface area contributed by atoms with E-state index in [2.05, 4.69) is 0 Å². The molecule has 156 valence electrons. The van der Waals surface area contributed by atoms with E-state index in [1.807, 2.05) is 42.5 Å². The molecule has 2 aromatic carbocycles. The summed E-state index contributed by atoms with van der Waals surface area (Å²) in [4.78, 5) is 14.6. The Hall–Kier alpha value is -2.95. The average molecular weight is 405 g/mol. The Balaban J connectivity index is 1.49. The SMILES string of the molecule is COc1ccc2c(c1)/C(=C/c1ccc(OC)c(O[C@H]3C[C@@H]4CC[C@H]3C4)c1)C(=O)N2C. The second-order valence-electron chi connectivity index (χ2n) is 8.55. The molecule has 0 saturated heterocycles. The van der Waals surface area contributed by atoms with Gasteiger partial charge in [0.2, 0.25) is 0 Å². The van der Waals surface area contributed by atoms with Crippen LogP contribution in [0.3, 0.4) is 0 Å². The number of benzene rings is 2.